The quantitative estimate of drug-likeness (QED) is 0.712. The fraction of sp³-hybridized carbons (Fsp3) is 0.952. The lowest BCUT2D eigenvalue weighted by Gasteiger charge is -2.67. The summed E-state index contributed by atoms with van der Waals surface area (Å²) in [6, 6.07) is 0. The molecule has 0 aromatic rings. The second-order valence-electron chi connectivity index (χ2n) is 10.4. The van der Waals surface area contributed by atoms with Crippen molar-refractivity contribution < 1.29 is 19.7 Å². The molecule has 142 valence electrons. The minimum Gasteiger partial charge on any atom is -0.469 e. The van der Waals surface area contributed by atoms with Gasteiger partial charge in [-0.15, -0.1) is 0 Å². The molecule has 4 nitrogen and oxygen atoms in total. The Morgan fingerprint density at radius 1 is 1.04 bits per heavy atom. The molecule has 2 N–H and O–H groups in total. The largest absolute Gasteiger partial charge is 0.469 e. The van der Waals surface area contributed by atoms with Crippen molar-refractivity contribution in [2.75, 3.05) is 7.11 Å². The Kier molecular flexibility index (Phi) is 3.71. The number of hydrogen-bond acceptors (Lipinski definition) is 4. The Labute approximate surface area is 151 Å². The number of hydrogen-bond donors (Lipinski definition) is 2. The van der Waals surface area contributed by atoms with Gasteiger partial charge in [-0.05, 0) is 74.0 Å². The van der Waals surface area contributed by atoms with Gasteiger partial charge in [-0.2, -0.15) is 0 Å². The van der Waals surface area contributed by atoms with Crippen molar-refractivity contribution >= 4 is 5.97 Å². The SMILES string of the molecule is COC(=O)[C@]1(C)CCC[C@@]2(C)[C@H]1[C@H](O)C[C@H]1C[C@@H](O)[C@@]3(C)CC[C@]12C3. The molecule has 0 aliphatic heterocycles. The molecule has 4 heteroatoms. The van der Waals surface area contributed by atoms with Crippen molar-refractivity contribution in [3.63, 3.8) is 0 Å². The van der Waals surface area contributed by atoms with Crippen LogP contribution in [0.2, 0.25) is 0 Å². The van der Waals surface area contributed by atoms with Crippen LogP contribution in [0.1, 0.15) is 72.1 Å². The summed E-state index contributed by atoms with van der Waals surface area (Å²) in [5.41, 5.74) is -0.504. The van der Waals surface area contributed by atoms with Gasteiger partial charge in [-0.1, -0.05) is 20.3 Å². The molecule has 4 saturated carbocycles. The smallest absolute Gasteiger partial charge is 0.311 e. The Morgan fingerprint density at radius 3 is 2.44 bits per heavy atom. The van der Waals surface area contributed by atoms with Gasteiger partial charge in [0.1, 0.15) is 0 Å². The van der Waals surface area contributed by atoms with Gasteiger partial charge in [0, 0.05) is 5.92 Å². The van der Waals surface area contributed by atoms with Crippen LogP contribution in [0.4, 0.5) is 0 Å². The lowest BCUT2D eigenvalue weighted by Crippen LogP contribution is -2.66. The highest BCUT2D eigenvalue weighted by Gasteiger charge is 2.72. The first-order chi connectivity index (χ1) is 11.6. The van der Waals surface area contributed by atoms with Crippen molar-refractivity contribution in [2.45, 2.75) is 84.3 Å². The zero-order valence-electron chi connectivity index (χ0n) is 16.2. The number of carbonyl (C=O) groups excluding carboxylic acids is 1. The second-order valence-corrected chi connectivity index (χ2v) is 10.4. The molecule has 0 aromatic heterocycles. The van der Waals surface area contributed by atoms with Crippen LogP contribution in [-0.2, 0) is 9.53 Å². The van der Waals surface area contributed by atoms with Crippen LogP contribution >= 0.6 is 0 Å². The minimum absolute atomic E-state index is 0.00542. The molecule has 1 spiro atoms. The van der Waals surface area contributed by atoms with E-state index >= 15 is 0 Å². The van der Waals surface area contributed by atoms with E-state index in [0.717, 1.165) is 51.4 Å². The first-order valence-electron chi connectivity index (χ1n) is 10.1. The monoisotopic (exact) mass is 350 g/mol. The maximum atomic E-state index is 12.7. The average Bonchev–Trinajstić information content (AvgIpc) is 2.88. The molecule has 0 amide bonds. The standard InChI is InChI=1S/C21H34O4/c1-18-8-9-21(12-18)13(11-15(18)23)10-14(22)16-19(2,17(24)25-4)6-5-7-20(16,21)3/h13-16,22-23H,5-12H2,1-4H3/t13-,14+,15+,16-,18-,19+,20-,21-/m0/s1. The van der Waals surface area contributed by atoms with Crippen LogP contribution < -0.4 is 0 Å². The summed E-state index contributed by atoms with van der Waals surface area (Å²) in [4.78, 5) is 12.7. The van der Waals surface area contributed by atoms with Gasteiger partial charge < -0.3 is 14.9 Å². The van der Waals surface area contributed by atoms with Crippen molar-refractivity contribution in [3.8, 4) is 0 Å². The van der Waals surface area contributed by atoms with Crippen LogP contribution in [0, 0.1) is 33.5 Å². The topological polar surface area (TPSA) is 66.8 Å². The normalized spacial score (nSPS) is 57.5. The third kappa shape index (κ3) is 1.99. The van der Waals surface area contributed by atoms with E-state index in [0.29, 0.717) is 5.92 Å². The average molecular weight is 350 g/mol. The predicted molar refractivity (Wildman–Crippen MR) is 94.7 cm³/mol. The summed E-state index contributed by atoms with van der Waals surface area (Å²) in [6.07, 6.45) is 6.92. The van der Waals surface area contributed by atoms with E-state index in [9.17, 15) is 15.0 Å². The summed E-state index contributed by atoms with van der Waals surface area (Å²) in [7, 11) is 1.47. The number of fused-ring (bicyclic) bond motifs is 2. The fourth-order valence-corrected chi connectivity index (χ4v) is 8.23. The van der Waals surface area contributed by atoms with Crippen molar-refractivity contribution in [1.29, 1.82) is 0 Å². The molecule has 0 heterocycles. The Balaban J connectivity index is 1.82. The highest BCUT2D eigenvalue weighted by molar-refractivity contribution is 5.77. The second kappa shape index (κ2) is 5.22. The third-order valence-electron chi connectivity index (χ3n) is 9.42. The van der Waals surface area contributed by atoms with Gasteiger partial charge in [0.15, 0.2) is 0 Å². The summed E-state index contributed by atoms with van der Waals surface area (Å²) in [6.45, 7) is 6.61. The Hall–Kier alpha value is -0.610. The number of rotatable bonds is 1. The molecule has 2 bridgehead atoms. The summed E-state index contributed by atoms with van der Waals surface area (Å²) >= 11 is 0. The van der Waals surface area contributed by atoms with E-state index in [1.807, 2.05) is 6.92 Å². The maximum Gasteiger partial charge on any atom is 0.311 e. The van der Waals surface area contributed by atoms with Gasteiger partial charge in [0.05, 0.1) is 24.7 Å². The van der Waals surface area contributed by atoms with Crippen LogP contribution in [0.25, 0.3) is 0 Å². The first-order valence-corrected chi connectivity index (χ1v) is 10.1. The molecule has 0 aromatic carbocycles. The molecule has 8 atom stereocenters. The number of carbonyl (C=O) groups is 1. The maximum absolute atomic E-state index is 12.7. The molecule has 0 unspecified atom stereocenters. The Morgan fingerprint density at radius 2 is 1.76 bits per heavy atom. The molecular formula is C21H34O4. The van der Waals surface area contributed by atoms with Crippen molar-refractivity contribution in [3.05, 3.63) is 0 Å². The van der Waals surface area contributed by atoms with Crippen LogP contribution in [0.15, 0.2) is 0 Å². The zero-order valence-corrected chi connectivity index (χ0v) is 16.2. The van der Waals surface area contributed by atoms with Gasteiger partial charge in [-0.3, -0.25) is 4.79 Å². The molecule has 0 saturated heterocycles. The minimum atomic E-state index is -0.601. The lowest BCUT2D eigenvalue weighted by atomic mass is 9.37. The predicted octanol–water partition coefficient (Wildman–Crippen LogP) is 3.29. The highest BCUT2D eigenvalue weighted by atomic mass is 16.5. The number of methoxy groups -OCH3 is 1. The molecular weight excluding hydrogens is 316 g/mol. The molecule has 25 heavy (non-hydrogen) atoms. The molecule has 0 radical (unpaired) electrons. The zero-order chi connectivity index (χ0) is 18.3. The summed E-state index contributed by atoms with van der Waals surface area (Å²) in [5.74, 6) is 0.165. The van der Waals surface area contributed by atoms with Crippen LogP contribution in [-0.4, -0.2) is 35.5 Å². The molecule has 4 rings (SSSR count). The van der Waals surface area contributed by atoms with E-state index in [4.69, 9.17) is 4.74 Å². The summed E-state index contributed by atoms with van der Waals surface area (Å²) in [5, 5.41) is 21.9. The van der Waals surface area contributed by atoms with Crippen LogP contribution in [0.3, 0.4) is 0 Å². The Bertz CT molecular complexity index is 590. The third-order valence-corrected chi connectivity index (χ3v) is 9.42. The first kappa shape index (κ1) is 17.8. The highest BCUT2D eigenvalue weighted by Crippen LogP contribution is 2.76. The van der Waals surface area contributed by atoms with Crippen LogP contribution in [0.5, 0.6) is 0 Å². The molecule has 4 fully saturated rings. The number of aliphatic hydroxyl groups is 2. The molecule has 4 aliphatic carbocycles. The van der Waals surface area contributed by atoms with Gasteiger partial charge in [0.25, 0.3) is 0 Å². The van der Waals surface area contributed by atoms with E-state index in [2.05, 4.69) is 13.8 Å². The molecule has 4 aliphatic rings. The van der Waals surface area contributed by atoms with E-state index < -0.39 is 11.5 Å². The van der Waals surface area contributed by atoms with Crippen molar-refractivity contribution in [1.82, 2.24) is 0 Å². The van der Waals surface area contributed by atoms with Crippen molar-refractivity contribution in [2.24, 2.45) is 33.5 Å². The van der Waals surface area contributed by atoms with Gasteiger partial charge in [0.2, 0.25) is 0 Å². The fourth-order valence-electron chi connectivity index (χ4n) is 8.23. The number of aliphatic hydroxyl groups excluding tert-OH is 2. The van der Waals surface area contributed by atoms with E-state index in [1.165, 1.54) is 7.11 Å². The number of ether oxygens (including phenoxy) is 1. The van der Waals surface area contributed by atoms with Gasteiger partial charge in [-0.25, -0.2) is 0 Å². The number of esters is 1. The summed E-state index contributed by atoms with van der Waals surface area (Å²) < 4.78 is 5.19. The van der Waals surface area contributed by atoms with E-state index in [-0.39, 0.29) is 34.2 Å². The van der Waals surface area contributed by atoms with Gasteiger partial charge >= 0.3 is 5.97 Å². The van der Waals surface area contributed by atoms with E-state index in [1.54, 1.807) is 0 Å². The lowest BCUT2D eigenvalue weighted by molar-refractivity contribution is -0.234.